The standard InChI is InChI=1S/C25H27N3O3/c29-24(26-23-15-16-31-27-23)18-28(17-19-7-3-1-4-8-19)25(30)22-13-11-21(12-14-22)20-9-5-2-6-10-20/h2,5-6,9-16,19H,1,3-4,7-8,17-18H2,(H,26,27,29). The van der Waals surface area contributed by atoms with Crippen LogP contribution in [-0.4, -0.2) is 35.0 Å². The second kappa shape index (κ2) is 10.1. The number of hydrogen-bond donors (Lipinski definition) is 1. The van der Waals surface area contributed by atoms with Crippen molar-refractivity contribution in [3.05, 3.63) is 72.5 Å². The summed E-state index contributed by atoms with van der Waals surface area (Å²) in [6, 6.07) is 19.2. The molecule has 0 radical (unpaired) electrons. The Balaban J connectivity index is 1.48. The van der Waals surface area contributed by atoms with Gasteiger partial charge in [0.25, 0.3) is 5.91 Å². The first-order valence-electron chi connectivity index (χ1n) is 10.8. The molecule has 160 valence electrons. The fourth-order valence-corrected chi connectivity index (χ4v) is 4.15. The molecule has 2 amide bonds. The number of hydrogen-bond acceptors (Lipinski definition) is 4. The molecule has 1 aliphatic rings. The van der Waals surface area contributed by atoms with Gasteiger partial charge in [-0.2, -0.15) is 0 Å². The van der Waals surface area contributed by atoms with Crippen LogP contribution in [0.4, 0.5) is 5.82 Å². The summed E-state index contributed by atoms with van der Waals surface area (Å²) < 4.78 is 4.76. The van der Waals surface area contributed by atoms with Crippen LogP contribution in [0.25, 0.3) is 11.1 Å². The van der Waals surface area contributed by atoms with Crippen LogP contribution in [0.1, 0.15) is 42.5 Å². The van der Waals surface area contributed by atoms with E-state index in [2.05, 4.69) is 10.5 Å². The van der Waals surface area contributed by atoms with E-state index in [1.54, 1.807) is 11.0 Å². The number of nitrogens with zero attached hydrogens (tertiary/aromatic N) is 2. The summed E-state index contributed by atoms with van der Waals surface area (Å²) in [4.78, 5) is 27.5. The van der Waals surface area contributed by atoms with E-state index in [-0.39, 0.29) is 18.4 Å². The first kappa shape index (κ1) is 20.8. The van der Waals surface area contributed by atoms with Gasteiger partial charge in [0.05, 0.1) is 0 Å². The minimum Gasteiger partial charge on any atom is -0.363 e. The second-order valence-electron chi connectivity index (χ2n) is 8.07. The monoisotopic (exact) mass is 417 g/mol. The molecular weight excluding hydrogens is 390 g/mol. The average molecular weight is 418 g/mol. The normalized spacial score (nSPS) is 14.2. The highest BCUT2D eigenvalue weighted by Gasteiger charge is 2.24. The summed E-state index contributed by atoms with van der Waals surface area (Å²) in [6.45, 7) is 0.578. The van der Waals surface area contributed by atoms with Crippen LogP contribution < -0.4 is 5.32 Å². The summed E-state index contributed by atoms with van der Waals surface area (Å²) in [5.74, 6) is 0.378. The quantitative estimate of drug-likeness (QED) is 0.587. The van der Waals surface area contributed by atoms with Crippen LogP contribution >= 0.6 is 0 Å². The molecule has 31 heavy (non-hydrogen) atoms. The third-order valence-electron chi connectivity index (χ3n) is 5.77. The molecule has 2 aromatic carbocycles. The molecule has 3 aromatic rings. The Labute approximate surface area is 182 Å². The predicted molar refractivity (Wildman–Crippen MR) is 119 cm³/mol. The lowest BCUT2D eigenvalue weighted by atomic mass is 9.89. The van der Waals surface area contributed by atoms with Crippen molar-refractivity contribution in [3.8, 4) is 11.1 Å². The fourth-order valence-electron chi connectivity index (χ4n) is 4.15. The van der Waals surface area contributed by atoms with E-state index in [9.17, 15) is 9.59 Å². The zero-order valence-corrected chi connectivity index (χ0v) is 17.5. The highest BCUT2D eigenvalue weighted by Crippen LogP contribution is 2.25. The highest BCUT2D eigenvalue weighted by atomic mass is 16.5. The lowest BCUT2D eigenvalue weighted by Gasteiger charge is -2.29. The minimum atomic E-state index is -0.279. The van der Waals surface area contributed by atoms with Crippen molar-refractivity contribution in [3.63, 3.8) is 0 Å². The van der Waals surface area contributed by atoms with Crippen LogP contribution in [0.3, 0.4) is 0 Å². The Hall–Kier alpha value is -3.41. The Morgan fingerprint density at radius 1 is 0.935 bits per heavy atom. The zero-order valence-electron chi connectivity index (χ0n) is 17.5. The third kappa shape index (κ3) is 5.60. The number of carbonyl (C=O) groups excluding carboxylic acids is 2. The van der Waals surface area contributed by atoms with Gasteiger partial charge in [0.15, 0.2) is 5.82 Å². The van der Waals surface area contributed by atoms with Crippen molar-refractivity contribution in [2.45, 2.75) is 32.1 Å². The SMILES string of the molecule is O=C(CN(CC1CCCCC1)C(=O)c1ccc(-c2ccccc2)cc1)Nc1ccon1. The van der Waals surface area contributed by atoms with Crippen molar-refractivity contribution >= 4 is 17.6 Å². The molecule has 1 aromatic heterocycles. The number of amides is 2. The first-order chi connectivity index (χ1) is 15.2. The Morgan fingerprint density at radius 2 is 1.65 bits per heavy atom. The number of anilines is 1. The molecule has 0 saturated heterocycles. The molecule has 1 heterocycles. The van der Waals surface area contributed by atoms with Gasteiger partial charge in [0.2, 0.25) is 5.91 Å². The maximum Gasteiger partial charge on any atom is 0.254 e. The van der Waals surface area contributed by atoms with E-state index >= 15 is 0 Å². The van der Waals surface area contributed by atoms with Crippen molar-refractivity contribution < 1.29 is 14.1 Å². The molecule has 6 nitrogen and oxygen atoms in total. The summed E-state index contributed by atoms with van der Waals surface area (Å²) in [5.41, 5.74) is 2.75. The largest absolute Gasteiger partial charge is 0.363 e. The molecular formula is C25H27N3O3. The Kier molecular flexibility index (Phi) is 6.77. The smallest absolute Gasteiger partial charge is 0.254 e. The van der Waals surface area contributed by atoms with E-state index in [1.165, 1.54) is 25.5 Å². The number of aromatic nitrogens is 1. The minimum absolute atomic E-state index is 0.0113. The maximum atomic E-state index is 13.3. The first-order valence-corrected chi connectivity index (χ1v) is 10.8. The van der Waals surface area contributed by atoms with E-state index in [0.717, 1.165) is 24.0 Å². The molecule has 0 aliphatic heterocycles. The van der Waals surface area contributed by atoms with Gasteiger partial charge in [-0.15, -0.1) is 0 Å². The second-order valence-corrected chi connectivity index (χ2v) is 8.07. The van der Waals surface area contributed by atoms with Crippen molar-refractivity contribution in [2.24, 2.45) is 5.92 Å². The third-order valence-corrected chi connectivity index (χ3v) is 5.77. The van der Waals surface area contributed by atoms with Crippen molar-refractivity contribution in [1.82, 2.24) is 10.1 Å². The number of rotatable bonds is 7. The van der Waals surface area contributed by atoms with Crippen LogP contribution in [0, 0.1) is 5.92 Å². The summed E-state index contributed by atoms with van der Waals surface area (Å²) in [7, 11) is 0. The van der Waals surface area contributed by atoms with Gasteiger partial charge in [-0.3, -0.25) is 9.59 Å². The molecule has 0 bridgehead atoms. The lowest BCUT2D eigenvalue weighted by molar-refractivity contribution is -0.117. The zero-order chi connectivity index (χ0) is 21.5. The molecule has 1 N–H and O–H groups in total. The van der Waals surface area contributed by atoms with E-state index < -0.39 is 0 Å². The van der Waals surface area contributed by atoms with Gasteiger partial charge in [-0.05, 0) is 42.0 Å². The fraction of sp³-hybridized carbons (Fsp3) is 0.320. The number of nitrogens with one attached hydrogen (secondary N) is 1. The predicted octanol–water partition coefficient (Wildman–Crippen LogP) is 5.00. The van der Waals surface area contributed by atoms with Crippen LogP contribution in [-0.2, 0) is 4.79 Å². The maximum absolute atomic E-state index is 13.3. The van der Waals surface area contributed by atoms with Gasteiger partial charge in [0, 0.05) is 18.2 Å². The lowest BCUT2D eigenvalue weighted by Crippen LogP contribution is -2.41. The molecule has 1 saturated carbocycles. The van der Waals surface area contributed by atoms with Crippen LogP contribution in [0.2, 0.25) is 0 Å². The Bertz CT molecular complexity index is 979. The Morgan fingerprint density at radius 3 is 2.32 bits per heavy atom. The topological polar surface area (TPSA) is 75.4 Å². The van der Waals surface area contributed by atoms with Crippen LogP contribution in [0.15, 0.2) is 71.4 Å². The van der Waals surface area contributed by atoms with Gasteiger partial charge in [-0.1, -0.05) is 66.9 Å². The molecule has 0 unspecified atom stereocenters. The van der Waals surface area contributed by atoms with E-state index in [4.69, 9.17) is 4.52 Å². The summed E-state index contributed by atoms with van der Waals surface area (Å²) >= 11 is 0. The molecule has 1 aliphatic carbocycles. The summed E-state index contributed by atoms with van der Waals surface area (Å²) in [5, 5.41) is 6.40. The number of carbonyl (C=O) groups is 2. The van der Waals surface area contributed by atoms with Crippen molar-refractivity contribution in [1.29, 1.82) is 0 Å². The molecule has 0 atom stereocenters. The average Bonchev–Trinajstić information content (AvgIpc) is 3.32. The van der Waals surface area contributed by atoms with Gasteiger partial charge < -0.3 is 14.7 Å². The van der Waals surface area contributed by atoms with Gasteiger partial charge in [-0.25, -0.2) is 0 Å². The van der Waals surface area contributed by atoms with E-state index in [0.29, 0.717) is 23.8 Å². The molecule has 1 fully saturated rings. The number of benzene rings is 2. The highest BCUT2D eigenvalue weighted by molar-refractivity contribution is 5.99. The van der Waals surface area contributed by atoms with E-state index in [1.807, 2.05) is 54.6 Å². The summed E-state index contributed by atoms with van der Waals surface area (Å²) in [6.07, 6.45) is 7.21. The molecule has 0 spiro atoms. The van der Waals surface area contributed by atoms with Crippen LogP contribution in [0.5, 0.6) is 0 Å². The molecule has 4 rings (SSSR count). The molecule has 6 heteroatoms. The van der Waals surface area contributed by atoms with Gasteiger partial charge in [0.1, 0.15) is 12.8 Å². The van der Waals surface area contributed by atoms with Gasteiger partial charge >= 0.3 is 0 Å². The van der Waals surface area contributed by atoms with Crippen molar-refractivity contribution in [2.75, 3.05) is 18.4 Å².